The third kappa shape index (κ3) is 3.85. The van der Waals surface area contributed by atoms with Crippen molar-refractivity contribution in [3.63, 3.8) is 0 Å². The predicted octanol–water partition coefficient (Wildman–Crippen LogP) is -0.202. The summed E-state index contributed by atoms with van der Waals surface area (Å²) < 4.78 is 0. The van der Waals surface area contributed by atoms with Crippen LogP contribution in [-0.2, 0) is 14.4 Å². The van der Waals surface area contributed by atoms with Gasteiger partial charge in [0.05, 0.1) is 12.1 Å². The molecule has 1 aliphatic rings. The maximum Gasteiger partial charge on any atom is 0.320 e. The summed E-state index contributed by atoms with van der Waals surface area (Å²) in [5.74, 6) is -1.98. The Hall–Kier alpha value is -1.63. The van der Waals surface area contributed by atoms with Crippen LogP contribution in [0.25, 0.3) is 0 Å². The highest BCUT2D eigenvalue weighted by Crippen LogP contribution is 2.17. The lowest BCUT2D eigenvalue weighted by Crippen LogP contribution is -2.34. The van der Waals surface area contributed by atoms with Gasteiger partial charge >= 0.3 is 11.9 Å². The van der Waals surface area contributed by atoms with Crippen LogP contribution < -0.4 is 5.73 Å². The van der Waals surface area contributed by atoms with E-state index in [0.29, 0.717) is 18.6 Å². The maximum absolute atomic E-state index is 10.5. The summed E-state index contributed by atoms with van der Waals surface area (Å²) in [7, 11) is 0. The molecule has 0 saturated carbocycles. The van der Waals surface area contributed by atoms with Gasteiger partial charge in [-0.15, -0.1) is 0 Å². The standard InChI is InChI=1S/C9H14N2O5/c10-7(9(14)15)4-6-3-5(11-16-6)1-2-8(12)13/h6-7H,1-4,10H2,(H,12,13)(H,14,15)/t6-,7-/m0/s1. The molecule has 90 valence electrons. The van der Waals surface area contributed by atoms with Crippen molar-refractivity contribution in [1.82, 2.24) is 0 Å². The van der Waals surface area contributed by atoms with E-state index in [1.54, 1.807) is 0 Å². The van der Waals surface area contributed by atoms with E-state index in [2.05, 4.69) is 5.16 Å². The zero-order valence-electron chi connectivity index (χ0n) is 8.63. The summed E-state index contributed by atoms with van der Waals surface area (Å²) >= 11 is 0. The van der Waals surface area contributed by atoms with E-state index in [-0.39, 0.29) is 18.9 Å². The molecule has 1 aliphatic heterocycles. The van der Waals surface area contributed by atoms with E-state index in [4.69, 9.17) is 20.8 Å². The second kappa shape index (κ2) is 5.45. The third-order valence-electron chi connectivity index (χ3n) is 2.26. The number of carboxylic acids is 2. The molecule has 0 aromatic carbocycles. The highest BCUT2D eigenvalue weighted by Gasteiger charge is 2.26. The summed E-state index contributed by atoms with van der Waals surface area (Å²) in [6.45, 7) is 0. The minimum absolute atomic E-state index is 0.000102. The minimum atomic E-state index is -1.08. The summed E-state index contributed by atoms with van der Waals surface area (Å²) in [5, 5.41) is 20.8. The quantitative estimate of drug-likeness (QED) is 0.580. The summed E-state index contributed by atoms with van der Waals surface area (Å²) in [6, 6.07) is -0.973. The molecular weight excluding hydrogens is 216 g/mol. The summed E-state index contributed by atoms with van der Waals surface area (Å²) in [4.78, 5) is 25.8. The van der Waals surface area contributed by atoms with Crippen molar-refractivity contribution >= 4 is 17.7 Å². The molecular formula is C9H14N2O5. The highest BCUT2D eigenvalue weighted by atomic mass is 16.6. The minimum Gasteiger partial charge on any atom is -0.481 e. The summed E-state index contributed by atoms with van der Waals surface area (Å²) in [5.41, 5.74) is 5.98. The molecule has 0 radical (unpaired) electrons. The van der Waals surface area contributed by atoms with Crippen molar-refractivity contribution in [2.75, 3.05) is 0 Å². The molecule has 7 nitrogen and oxygen atoms in total. The number of nitrogens with zero attached hydrogens (tertiary/aromatic N) is 1. The Kier molecular flexibility index (Phi) is 4.24. The topological polar surface area (TPSA) is 122 Å². The number of hydrogen-bond acceptors (Lipinski definition) is 5. The zero-order chi connectivity index (χ0) is 12.1. The lowest BCUT2D eigenvalue weighted by molar-refractivity contribution is -0.139. The van der Waals surface area contributed by atoms with Gasteiger partial charge in [-0.1, -0.05) is 5.16 Å². The van der Waals surface area contributed by atoms with Gasteiger partial charge in [0.25, 0.3) is 0 Å². The van der Waals surface area contributed by atoms with Crippen molar-refractivity contribution in [1.29, 1.82) is 0 Å². The average molecular weight is 230 g/mol. The van der Waals surface area contributed by atoms with E-state index in [1.807, 2.05) is 0 Å². The largest absolute Gasteiger partial charge is 0.481 e. The first-order chi connectivity index (χ1) is 7.49. The van der Waals surface area contributed by atoms with Crippen molar-refractivity contribution < 1.29 is 24.6 Å². The van der Waals surface area contributed by atoms with Gasteiger partial charge in [0.1, 0.15) is 12.1 Å². The number of hydrogen-bond donors (Lipinski definition) is 3. The van der Waals surface area contributed by atoms with Crippen LogP contribution in [0.3, 0.4) is 0 Å². The van der Waals surface area contributed by atoms with Gasteiger partial charge in [-0.2, -0.15) is 0 Å². The van der Waals surface area contributed by atoms with E-state index in [1.165, 1.54) is 0 Å². The molecule has 0 aromatic heterocycles. The Morgan fingerprint density at radius 3 is 2.81 bits per heavy atom. The lowest BCUT2D eigenvalue weighted by atomic mass is 10.0. The number of carboxylic acid groups (broad SMARTS) is 2. The fraction of sp³-hybridized carbons (Fsp3) is 0.667. The maximum atomic E-state index is 10.5. The van der Waals surface area contributed by atoms with Crippen LogP contribution in [0, 0.1) is 0 Å². The van der Waals surface area contributed by atoms with Crippen molar-refractivity contribution in [2.45, 2.75) is 37.8 Å². The molecule has 0 aliphatic carbocycles. The number of aliphatic carboxylic acids is 2. The Balaban J connectivity index is 2.28. The molecule has 1 heterocycles. The Bertz CT molecular complexity index is 315. The Morgan fingerprint density at radius 1 is 1.56 bits per heavy atom. The molecule has 0 spiro atoms. The second-order valence-electron chi connectivity index (χ2n) is 3.66. The van der Waals surface area contributed by atoms with E-state index >= 15 is 0 Å². The van der Waals surface area contributed by atoms with Crippen molar-refractivity contribution in [3.8, 4) is 0 Å². The summed E-state index contributed by atoms with van der Waals surface area (Å²) in [6.07, 6.45) is 0.604. The molecule has 0 fully saturated rings. The first-order valence-electron chi connectivity index (χ1n) is 4.90. The van der Waals surface area contributed by atoms with Crippen LogP contribution >= 0.6 is 0 Å². The van der Waals surface area contributed by atoms with E-state index in [9.17, 15) is 9.59 Å². The molecule has 0 saturated heterocycles. The van der Waals surface area contributed by atoms with Crippen molar-refractivity contribution in [2.24, 2.45) is 10.9 Å². The number of oxime groups is 1. The van der Waals surface area contributed by atoms with E-state index in [0.717, 1.165) is 0 Å². The molecule has 0 bridgehead atoms. The number of carbonyl (C=O) groups is 2. The molecule has 2 atom stereocenters. The van der Waals surface area contributed by atoms with E-state index < -0.39 is 18.0 Å². The van der Waals surface area contributed by atoms with Gasteiger partial charge < -0.3 is 20.8 Å². The van der Waals surface area contributed by atoms with Gasteiger partial charge in [-0.25, -0.2) is 0 Å². The fourth-order valence-electron chi connectivity index (χ4n) is 1.40. The normalized spacial score (nSPS) is 21.1. The van der Waals surface area contributed by atoms with Crippen LogP contribution in [0.5, 0.6) is 0 Å². The molecule has 16 heavy (non-hydrogen) atoms. The Labute approximate surface area is 91.9 Å². The van der Waals surface area contributed by atoms with Gasteiger partial charge in [0.2, 0.25) is 0 Å². The van der Waals surface area contributed by atoms with Crippen LogP contribution in [-0.4, -0.2) is 40.0 Å². The number of rotatable bonds is 6. The molecule has 0 amide bonds. The van der Waals surface area contributed by atoms with Crippen molar-refractivity contribution in [3.05, 3.63) is 0 Å². The molecule has 0 unspecified atom stereocenters. The monoisotopic (exact) mass is 230 g/mol. The zero-order valence-corrected chi connectivity index (χ0v) is 8.63. The van der Waals surface area contributed by atoms with Crippen LogP contribution in [0.1, 0.15) is 25.7 Å². The molecule has 1 rings (SSSR count). The molecule has 7 heteroatoms. The molecule has 0 aromatic rings. The van der Waals surface area contributed by atoms with Crippen LogP contribution in [0.2, 0.25) is 0 Å². The third-order valence-corrected chi connectivity index (χ3v) is 2.26. The lowest BCUT2D eigenvalue weighted by Gasteiger charge is -2.10. The fourth-order valence-corrected chi connectivity index (χ4v) is 1.40. The second-order valence-corrected chi connectivity index (χ2v) is 3.66. The molecule has 4 N–H and O–H groups in total. The average Bonchev–Trinajstić information content (AvgIpc) is 2.62. The van der Waals surface area contributed by atoms with Gasteiger partial charge in [-0.3, -0.25) is 9.59 Å². The van der Waals surface area contributed by atoms with Crippen LogP contribution in [0.15, 0.2) is 5.16 Å². The predicted molar refractivity (Wildman–Crippen MR) is 54.0 cm³/mol. The van der Waals surface area contributed by atoms with Gasteiger partial charge in [0.15, 0.2) is 0 Å². The SMILES string of the molecule is N[C@@H](C[C@@H]1CC(CCC(=O)O)=NO1)C(=O)O. The number of nitrogens with two attached hydrogens (primary N) is 1. The first kappa shape index (κ1) is 12.4. The van der Waals surface area contributed by atoms with Gasteiger partial charge in [-0.05, 0) is 6.42 Å². The van der Waals surface area contributed by atoms with Crippen LogP contribution in [0.4, 0.5) is 0 Å². The first-order valence-corrected chi connectivity index (χ1v) is 4.90. The highest BCUT2D eigenvalue weighted by molar-refractivity contribution is 5.88. The smallest absolute Gasteiger partial charge is 0.320 e. The Morgan fingerprint density at radius 2 is 2.25 bits per heavy atom. The van der Waals surface area contributed by atoms with Gasteiger partial charge in [0, 0.05) is 12.8 Å².